The molecule has 1 aliphatic rings. The topological polar surface area (TPSA) is 218 Å². The number of fused-ring (bicyclic) bond motifs is 2. The molecule has 0 N–H and O–H groups in total. The van der Waals surface area contributed by atoms with Gasteiger partial charge in [-0.15, -0.1) is 0 Å². The first-order valence-corrected chi connectivity index (χ1v) is 27.4. The Kier molecular flexibility index (Phi) is 14.5. The van der Waals surface area contributed by atoms with Crippen molar-refractivity contribution >= 4 is 105 Å². The van der Waals surface area contributed by atoms with E-state index in [1.165, 1.54) is 23.1 Å². The maximum Gasteiger partial charge on any atom is 0.513 e. The summed E-state index contributed by atoms with van der Waals surface area (Å²) in [6, 6.07) is 4.36. The molecule has 0 unspecified atom stereocenters. The van der Waals surface area contributed by atoms with Crippen LogP contribution < -0.4 is 9.47 Å². The van der Waals surface area contributed by atoms with Gasteiger partial charge in [-0.1, -0.05) is 55.9 Å². The number of halogens is 9. The highest BCUT2D eigenvalue weighted by atomic mass is 32.3. The zero-order valence-electron chi connectivity index (χ0n) is 31.3. The number of benzene rings is 2. The molecule has 3 aromatic rings. The van der Waals surface area contributed by atoms with Crippen LogP contribution in [0.25, 0.3) is 16.3 Å². The average Bonchev–Trinajstić information content (AvgIpc) is 3.62. The second kappa shape index (κ2) is 17.4. The first kappa shape index (κ1) is 51.6. The number of anilines is 1. The van der Waals surface area contributed by atoms with E-state index in [1.54, 1.807) is 11.5 Å². The molecule has 348 valence electrons. The van der Waals surface area contributed by atoms with Crippen LogP contribution in [0.1, 0.15) is 44.5 Å². The number of allylic oxidation sites excluding steroid dienone is 2. The van der Waals surface area contributed by atoms with Crippen LogP contribution in [0.2, 0.25) is 0 Å². The summed E-state index contributed by atoms with van der Waals surface area (Å²) in [4.78, 5) is -1.35. The third-order valence-electron chi connectivity index (χ3n) is 8.08. The summed E-state index contributed by atoms with van der Waals surface area (Å²) in [5.74, 6) is 0. The number of sulfonamides is 6. The number of hydrogen-bond donors (Lipinski definition) is 0. The standard InChI is InChI=1S/C29H30F9N4O12S8/c1-4-6-15-39-21-13-11-19(58(45,46)41(57(3,43)44)60(49,50)27(30,31)32)17-23(21)55-25(39)9-8-10-26-40(16-7-5-2)22-14-12-20(18-24(22)56-26)59(47,48)42(61(51,52)28(33,34)35)62(53,54)29(36,37)38/h8-14,17-18H,4-7,15-16H2,1-3H3/q+1. The van der Waals surface area contributed by atoms with Crippen molar-refractivity contribution in [3.05, 3.63) is 58.6 Å². The summed E-state index contributed by atoms with van der Waals surface area (Å²) in [5, 5.41) is 0.567. The summed E-state index contributed by atoms with van der Waals surface area (Å²) in [6.07, 6.45) is 6.32. The Morgan fingerprint density at radius 3 is 1.66 bits per heavy atom. The van der Waals surface area contributed by atoms with Crippen molar-refractivity contribution in [3.63, 3.8) is 0 Å². The van der Waals surface area contributed by atoms with E-state index >= 15 is 0 Å². The third kappa shape index (κ3) is 9.65. The second-order valence-electron chi connectivity index (χ2n) is 12.6. The Labute approximate surface area is 357 Å². The molecule has 33 heteroatoms. The van der Waals surface area contributed by atoms with E-state index in [9.17, 15) is 90.0 Å². The Bertz CT molecular complexity index is 2960. The minimum atomic E-state index is -7.74. The third-order valence-corrected chi connectivity index (χ3v) is 23.8. The van der Waals surface area contributed by atoms with E-state index in [1.807, 2.05) is 6.92 Å². The smallest absolute Gasteiger partial charge is 0.335 e. The predicted molar refractivity (Wildman–Crippen MR) is 206 cm³/mol. The fourth-order valence-corrected chi connectivity index (χ4v) is 19.2. The van der Waals surface area contributed by atoms with E-state index in [0.29, 0.717) is 60.7 Å². The molecule has 62 heavy (non-hydrogen) atoms. The number of alkyl halides is 9. The molecule has 0 saturated carbocycles. The number of hydrogen-bond acceptors (Lipinski definition) is 15. The van der Waals surface area contributed by atoms with Gasteiger partial charge in [0, 0.05) is 36.2 Å². The van der Waals surface area contributed by atoms with Gasteiger partial charge in [-0.25, -0.2) is 50.5 Å². The Hall–Kier alpha value is -3.05. The number of nitrogens with zero attached hydrogens (tertiary/aromatic N) is 4. The Morgan fingerprint density at radius 2 is 1.16 bits per heavy atom. The average molecular weight is 1050 g/mol. The van der Waals surface area contributed by atoms with Crippen LogP contribution in [0.15, 0.2) is 68.3 Å². The van der Waals surface area contributed by atoms with Crippen LogP contribution in [0.4, 0.5) is 45.2 Å². The summed E-state index contributed by atoms with van der Waals surface area (Å²) in [6.45, 7) is 4.02. The molecule has 0 spiro atoms. The van der Waals surface area contributed by atoms with E-state index in [0.717, 1.165) is 29.5 Å². The van der Waals surface area contributed by atoms with Crippen LogP contribution >= 0.6 is 23.1 Å². The molecule has 0 radical (unpaired) electrons. The van der Waals surface area contributed by atoms with E-state index in [4.69, 9.17) is 0 Å². The number of aryl methyl sites for hydroxylation is 1. The fraction of sp³-hybridized carbons (Fsp3) is 0.414. The Morgan fingerprint density at radius 1 is 0.677 bits per heavy atom. The molecular weight excluding hydrogens is 1020 g/mol. The molecule has 0 atom stereocenters. The molecule has 0 fully saturated rings. The summed E-state index contributed by atoms with van der Waals surface area (Å²) in [7, 11) is -40.7. The normalized spacial score (nSPS) is 16.1. The lowest BCUT2D eigenvalue weighted by atomic mass is 10.2. The summed E-state index contributed by atoms with van der Waals surface area (Å²) >= 11 is 1.52. The van der Waals surface area contributed by atoms with Crippen molar-refractivity contribution in [2.24, 2.45) is 0 Å². The van der Waals surface area contributed by atoms with Crippen LogP contribution in [0, 0.1) is 0 Å². The summed E-state index contributed by atoms with van der Waals surface area (Å²) in [5.41, 5.74) is -19.6. The molecule has 0 saturated heterocycles. The number of aromatic nitrogens is 1. The fourth-order valence-electron chi connectivity index (χ4n) is 5.35. The molecule has 0 bridgehead atoms. The van der Waals surface area contributed by atoms with Crippen molar-refractivity contribution in [2.75, 3.05) is 17.7 Å². The highest BCUT2D eigenvalue weighted by Gasteiger charge is 2.66. The van der Waals surface area contributed by atoms with Gasteiger partial charge < -0.3 is 4.90 Å². The molecule has 1 aromatic heterocycles. The van der Waals surface area contributed by atoms with Gasteiger partial charge in [0.2, 0.25) is 15.5 Å². The maximum absolute atomic E-state index is 13.4. The van der Waals surface area contributed by atoms with Crippen LogP contribution in [0.5, 0.6) is 0 Å². The molecule has 2 heterocycles. The van der Waals surface area contributed by atoms with Crippen molar-refractivity contribution in [3.8, 4) is 0 Å². The zero-order chi connectivity index (χ0) is 47.4. The van der Waals surface area contributed by atoms with Crippen LogP contribution in [0.3, 0.4) is 0 Å². The van der Waals surface area contributed by atoms with Gasteiger partial charge in [0.15, 0.2) is 6.54 Å². The van der Waals surface area contributed by atoms with Crippen molar-refractivity contribution in [1.82, 2.24) is 6.23 Å². The second-order valence-corrected chi connectivity index (χ2v) is 26.8. The maximum atomic E-state index is 13.4. The molecule has 4 rings (SSSR count). The molecule has 0 amide bonds. The van der Waals surface area contributed by atoms with E-state index < -0.39 is 92.7 Å². The molecule has 2 aromatic carbocycles. The van der Waals surface area contributed by atoms with Gasteiger partial charge in [0.1, 0.15) is 4.70 Å². The molecule has 16 nitrogen and oxygen atoms in total. The lowest BCUT2D eigenvalue weighted by Crippen LogP contribution is -2.51. The van der Waals surface area contributed by atoms with Gasteiger partial charge in [-0.05, 0) is 42.8 Å². The zero-order valence-corrected chi connectivity index (χ0v) is 37.8. The van der Waals surface area contributed by atoms with Crippen molar-refractivity contribution < 1.29 is 94.6 Å². The molecule has 1 aliphatic heterocycles. The Balaban J connectivity index is 1.83. The number of unbranched alkanes of at least 4 members (excludes halogenated alkanes) is 2. The van der Waals surface area contributed by atoms with Gasteiger partial charge in [0.25, 0.3) is 25.1 Å². The minimum Gasteiger partial charge on any atom is -0.335 e. The predicted octanol–water partition coefficient (Wildman–Crippen LogP) is 5.75. The van der Waals surface area contributed by atoms with Crippen molar-refractivity contribution in [1.29, 1.82) is 0 Å². The van der Waals surface area contributed by atoms with E-state index in [2.05, 4.69) is 0 Å². The molecular formula is C29H30F9N4O12S8+. The first-order chi connectivity index (χ1) is 28.0. The highest BCUT2D eigenvalue weighted by Crippen LogP contribution is 2.48. The van der Waals surface area contributed by atoms with E-state index in [-0.39, 0.29) is 45.2 Å². The summed E-state index contributed by atoms with van der Waals surface area (Å²) < 4.78 is 268. The van der Waals surface area contributed by atoms with Gasteiger partial charge in [-0.2, -0.15) is 44.1 Å². The number of rotatable bonds is 16. The monoisotopic (exact) mass is 1050 g/mol. The largest absolute Gasteiger partial charge is 0.513 e. The quantitative estimate of drug-likeness (QED) is 0.123. The van der Waals surface area contributed by atoms with Crippen molar-refractivity contribution in [2.45, 2.75) is 77.3 Å². The molecule has 0 aliphatic carbocycles. The number of thioether (sulfide) groups is 1. The van der Waals surface area contributed by atoms with Crippen LogP contribution in [-0.2, 0) is 66.7 Å². The number of thiazole rings is 1. The lowest BCUT2D eigenvalue weighted by Gasteiger charge is -2.23. The SMILES string of the molecule is CCCCN1C(=CC=Cc2sc3cc(S(=O)(=O)N(S(C)(=O)=O)S(=O)(=O)C(F)(F)F)ccc3[n+]2CCCC)Sc2cc(S(=O)(=O)N(S(=O)(=O)C(F)(F)F)S(=O)(=O)C(F)(F)F)ccc21. The van der Waals surface area contributed by atoms with Gasteiger partial charge >= 0.3 is 46.6 Å². The van der Waals surface area contributed by atoms with Crippen LogP contribution in [-0.4, -0.2) is 86.1 Å². The van der Waals surface area contributed by atoms with Gasteiger partial charge in [-0.3, -0.25) is 0 Å². The minimum absolute atomic E-state index is 0.0300. The lowest BCUT2D eigenvalue weighted by molar-refractivity contribution is -0.669. The van der Waals surface area contributed by atoms with Gasteiger partial charge in [0.05, 0.1) is 26.8 Å². The highest BCUT2D eigenvalue weighted by molar-refractivity contribution is 8.18. The first-order valence-electron chi connectivity index (χ1n) is 16.7.